The van der Waals surface area contributed by atoms with Crippen LogP contribution in [0.25, 0.3) is 0 Å². The highest BCUT2D eigenvalue weighted by Gasteiger charge is 2.14. The Hall–Kier alpha value is 0.400. The molecule has 0 aromatic heterocycles. The maximum Gasteiger partial charge on any atom is 0.0431 e. The van der Waals surface area contributed by atoms with E-state index in [9.17, 15) is 0 Å². The molecule has 5 heteroatoms. The summed E-state index contributed by atoms with van der Waals surface area (Å²) in [5, 5.41) is 5.48. The SMILES string of the molecule is Cl.Clc1cc(Cl)cc(SC2CCCNC2)c1. The van der Waals surface area contributed by atoms with E-state index in [0.717, 1.165) is 13.1 Å². The summed E-state index contributed by atoms with van der Waals surface area (Å²) in [6, 6.07) is 5.73. The van der Waals surface area contributed by atoms with Crippen LogP contribution < -0.4 is 5.32 Å². The predicted octanol–water partition coefficient (Wildman–Crippen LogP) is 4.26. The van der Waals surface area contributed by atoms with Crippen LogP contribution in [0.15, 0.2) is 23.1 Å². The molecule has 0 aliphatic carbocycles. The Morgan fingerprint density at radius 2 is 1.88 bits per heavy atom. The van der Waals surface area contributed by atoms with Crippen molar-refractivity contribution < 1.29 is 0 Å². The molecule has 0 radical (unpaired) electrons. The Morgan fingerprint density at radius 3 is 2.44 bits per heavy atom. The first kappa shape index (κ1) is 14.5. The second kappa shape index (κ2) is 6.97. The fourth-order valence-corrected chi connectivity index (χ4v) is 3.63. The molecule has 1 aromatic carbocycles. The fourth-order valence-electron chi connectivity index (χ4n) is 1.71. The number of hydrogen-bond donors (Lipinski definition) is 1. The first-order valence-electron chi connectivity index (χ1n) is 5.07. The van der Waals surface area contributed by atoms with Crippen molar-refractivity contribution in [2.75, 3.05) is 13.1 Å². The molecule has 1 aliphatic heterocycles. The molecule has 1 unspecified atom stereocenters. The van der Waals surface area contributed by atoms with Gasteiger partial charge < -0.3 is 5.32 Å². The van der Waals surface area contributed by atoms with Gasteiger partial charge in [0, 0.05) is 26.7 Å². The van der Waals surface area contributed by atoms with Crippen molar-refractivity contribution in [2.24, 2.45) is 0 Å². The second-order valence-electron chi connectivity index (χ2n) is 3.69. The molecule has 0 saturated carbocycles. The van der Waals surface area contributed by atoms with Gasteiger partial charge >= 0.3 is 0 Å². The van der Waals surface area contributed by atoms with Gasteiger partial charge in [-0.05, 0) is 37.6 Å². The first-order chi connectivity index (χ1) is 7.24. The van der Waals surface area contributed by atoms with E-state index in [0.29, 0.717) is 15.3 Å². The summed E-state index contributed by atoms with van der Waals surface area (Å²) in [5.74, 6) is 0. The van der Waals surface area contributed by atoms with Crippen molar-refractivity contribution in [1.82, 2.24) is 5.32 Å². The zero-order valence-electron chi connectivity index (χ0n) is 8.71. The van der Waals surface area contributed by atoms with Gasteiger partial charge in [-0.1, -0.05) is 23.2 Å². The number of nitrogens with one attached hydrogen (secondary N) is 1. The van der Waals surface area contributed by atoms with E-state index in [-0.39, 0.29) is 12.4 Å². The van der Waals surface area contributed by atoms with Gasteiger partial charge in [0.05, 0.1) is 0 Å². The second-order valence-corrected chi connectivity index (χ2v) is 5.94. The van der Waals surface area contributed by atoms with Gasteiger partial charge in [-0.3, -0.25) is 0 Å². The van der Waals surface area contributed by atoms with E-state index in [1.807, 2.05) is 23.9 Å². The maximum absolute atomic E-state index is 5.95. The van der Waals surface area contributed by atoms with Gasteiger partial charge in [-0.25, -0.2) is 0 Å². The van der Waals surface area contributed by atoms with E-state index in [1.165, 1.54) is 17.7 Å². The van der Waals surface area contributed by atoms with Crippen molar-refractivity contribution in [3.8, 4) is 0 Å². The van der Waals surface area contributed by atoms with Crippen molar-refractivity contribution in [3.63, 3.8) is 0 Å². The maximum atomic E-state index is 5.95. The van der Waals surface area contributed by atoms with Gasteiger partial charge in [0.2, 0.25) is 0 Å². The quantitative estimate of drug-likeness (QED) is 0.875. The molecule has 90 valence electrons. The molecule has 1 aliphatic rings. The Kier molecular flexibility index (Phi) is 6.30. The number of halogens is 3. The van der Waals surface area contributed by atoms with E-state index in [1.54, 1.807) is 6.07 Å². The van der Waals surface area contributed by atoms with Gasteiger partial charge in [0.25, 0.3) is 0 Å². The average Bonchev–Trinajstić information content (AvgIpc) is 2.17. The van der Waals surface area contributed by atoms with Crippen LogP contribution in [0.5, 0.6) is 0 Å². The van der Waals surface area contributed by atoms with Crippen LogP contribution in [-0.4, -0.2) is 18.3 Å². The highest BCUT2D eigenvalue weighted by atomic mass is 35.5. The minimum Gasteiger partial charge on any atom is -0.316 e. The third kappa shape index (κ3) is 4.34. The summed E-state index contributed by atoms with van der Waals surface area (Å²) in [6.45, 7) is 2.22. The first-order valence-corrected chi connectivity index (χ1v) is 6.71. The number of hydrogen-bond acceptors (Lipinski definition) is 2. The van der Waals surface area contributed by atoms with Crippen LogP contribution in [0.3, 0.4) is 0 Å². The number of benzene rings is 1. The van der Waals surface area contributed by atoms with E-state index < -0.39 is 0 Å². The summed E-state index contributed by atoms with van der Waals surface area (Å²) in [7, 11) is 0. The lowest BCUT2D eigenvalue weighted by molar-refractivity contribution is 0.531. The lowest BCUT2D eigenvalue weighted by Crippen LogP contribution is -2.31. The lowest BCUT2D eigenvalue weighted by Gasteiger charge is -2.22. The number of thioether (sulfide) groups is 1. The van der Waals surface area contributed by atoms with E-state index >= 15 is 0 Å². The molecular weight excluding hydrogens is 285 g/mol. The van der Waals surface area contributed by atoms with Gasteiger partial charge in [0.1, 0.15) is 0 Å². The minimum absolute atomic E-state index is 0. The highest BCUT2D eigenvalue weighted by molar-refractivity contribution is 8.00. The molecule has 1 nitrogen and oxygen atoms in total. The minimum atomic E-state index is 0. The van der Waals surface area contributed by atoms with Crippen LogP contribution in [0.2, 0.25) is 10.0 Å². The molecule has 1 N–H and O–H groups in total. The summed E-state index contributed by atoms with van der Waals surface area (Å²) >= 11 is 13.8. The molecule has 0 bridgehead atoms. The van der Waals surface area contributed by atoms with Crippen LogP contribution in [0, 0.1) is 0 Å². The number of piperidine rings is 1. The zero-order valence-corrected chi connectivity index (χ0v) is 11.9. The fraction of sp³-hybridized carbons (Fsp3) is 0.455. The summed E-state index contributed by atoms with van der Waals surface area (Å²) in [6.07, 6.45) is 2.52. The Bertz CT molecular complexity index is 320. The lowest BCUT2D eigenvalue weighted by atomic mass is 10.2. The standard InChI is InChI=1S/C11H13Cl2NS.ClH/c12-8-4-9(13)6-11(5-8)15-10-2-1-3-14-7-10;/h4-6,10,14H,1-3,7H2;1H. The molecule has 1 atom stereocenters. The molecule has 16 heavy (non-hydrogen) atoms. The molecule has 0 amide bonds. The van der Waals surface area contributed by atoms with Crippen molar-refractivity contribution in [2.45, 2.75) is 23.0 Å². The van der Waals surface area contributed by atoms with Crippen LogP contribution >= 0.6 is 47.4 Å². The summed E-state index contributed by atoms with van der Waals surface area (Å²) in [4.78, 5) is 1.17. The Labute approximate surface area is 117 Å². The Balaban J connectivity index is 0.00000128. The smallest absolute Gasteiger partial charge is 0.0431 e. The molecule has 1 saturated heterocycles. The number of rotatable bonds is 2. The normalized spacial score (nSPS) is 20.2. The zero-order chi connectivity index (χ0) is 10.7. The highest BCUT2D eigenvalue weighted by Crippen LogP contribution is 2.31. The van der Waals surface area contributed by atoms with Gasteiger partial charge in [-0.15, -0.1) is 24.2 Å². The molecule has 1 aromatic rings. The topological polar surface area (TPSA) is 12.0 Å². The molecule has 2 rings (SSSR count). The van der Waals surface area contributed by atoms with Crippen molar-refractivity contribution in [1.29, 1.82) is 0 Å². The summed E-state index contributed by atoms with van der Waals surface area (Å²) < 4.78 is 0. The van der Waals surface area contributed by atoms with Crippen molar-refractivity contribution >= 4 is 47.4 Å². The monoisotopic (exact) mass is 297 g/mol. The van der Waals surface area contributed by atoms with Crippen LogP contribution in [-0.2, 0) is 0 Å². The van der Waals surface area contributed by atoms with E-state index in [2.05, 4.69) is 5.32 Å². The molecule has 1 heterocycles. The summed E-state index contributed by atoms with van der Waals surface area (Å²) in [5.41, 5.74) is 0. The molecule has 1 fully saturated rings. The Morgan fingerprint density at radius 1 is 1.19 bits per heavy atom. The molecule has 0 spiro atoms. The van der Waals surface area contributed by atoms with Crippen molar-refractivity contribution in [3.05, 3.63) is 28.2 Å². The largest absolute Gasteiger partial charge is 0.316 e. The third-order valence-electron chi connectivity index (χ3n) is 2.39. The van der Waals surface area contributed by atoms with Crippen LogP contribution in [0.4, 0.5) is 0 Å². The average molecular weight is 299 g/mol. The van der Waals surface area contributed by atoms with Gasteiger partial charge in [-0.2, -0.15) is 0 Å². The third-order valence-corrected chi connectivity index (χ3v) is 4.07. The van der Waals surface area contributed by atoms with Crippen LogP contribution in [0.1, 0.15) is 12.8 Å². The predicted molar refractivity (Wildman–Crippen MR) is 75.5 cm³/mol. The van der Waals surface area contributed by atoms with E-state index in [4.69, 9.17) is 23.2 Å². The van der Waals surface area contributed by atoms with Gasteiger partial charge in [0.15, 0.2) is 0 Å². The molecular formula is C11H14Cl3NS.